The Bertz CT molecular complexity index is 828. The minimum Gasteiger partial charge on any atom is -0.457 e. The molecular formula is C17H17N3OS. The van der Waals surface area contributed by atoms with E-state index in [9.17, 15) is 5.26 Å². The van der Waals surface area contributed by atoms with Crippen molar-refractivity contribution >= 4 is 28.1 Å². The number of aryl methyl sites for hydroxylation is 2. The molecule has 0 atom stereocenters. The maximum absolute atomic E-state index is 9.21. The van der Waals surface area contributed by atoms with Gasteiger partial charge in [0.05, 0.1) is 5.69 Å². The number of nitriles is 1. The molecule has 5 heteroatoms. The molecule has 0 bridgehead atoms. The molecule has 0 aromatic carbocycles. The first-order valence-corrected chi connectivity index (χ1v) is 8.20. The SMILES string of the molecule is CCCc1oc2c(NCc3cccs3)cc(C#N)nc2c1C. The Balaban J connectivity index is 2.03. The molecule has 3 heterocycles. The fraction of sp³-hybridized carbons (Fsp3) is 0.294. The summed E-state index contributed by atoms with van der Waals surface area (Å²) < 4.78 is 6.01. The Morgan fingerprint density at radius 3 is 3.00 bits per heavy atom. The molecule has 0 saturated carbocycles. The van der Waals surface area contributed by atoms with Crippen LogP contribution in [-0.4, -0.2) is 4.98 Å². The molecule has 0 unspecified atom stereocenters. The van der Waals surface area contributed by atoms with Crippen molar-refractivity contribution < 1.29 is 4.42 Å². The van der Waals surface area contributed by atoms with Crippen LogP contribution in [0.2, 0.25) is 0 Å². The Morgan fingerprint density at radius 1 is 1.45 bits per heavy atom. The zero-order valence-electron chi connectivity index (χ0n) is 12.6. The van der Waals surface area contributed by atoms with Gasteiger partial charge in [-0.05, 0) is 24.8 Å². The quantitative estimate of drug-likeness (QED) is 0.746. The van der Waals surface area contributed by atoms with Gasteiger partial charge in [-0.25, -0.2) is 4.98 Å². The Labute approximate surface area is 133 Å². The lowest BCUT2D eigenvalue weighted by Gasteiger charge is -2.06. The van der Waals surface area contributed by atoms with Crippen molar-refractivity contribution in [2.45, 2.75) is 33.2 Å². The van der Waals surface area contributed by atoms with E-state index >= 15 is 0 Å². The highest BCUT2D eigenvalue weighted by Gasteiger charge is 2.16. The average Bonchev–Trinajstić information content (AvgIpc) is 3.15. The van der Waals surface area contributed by atoms with Gasteiger partial charge in [0.1, 0.15) is 23.0 Å². The number of nitrogens with one attached hydrogen (secondary N) is 1. The van der Waals surface area contributed by atoms with Gasteiger partial charge in [0, 0.05) is 29.5 Å². The van der Waals surface area contributed by atoms with Crippen LogP contribution in [0, 0.1) is 18.3 Å². The summed E-state index contributed by atoms with van der Waals surface area (Å²) in [5.41, 5.74) is 3.81. The van der Waals surface area contributed by atoms with Crippen LogP contribution in [0.5, 0.6) is 0 Å². The van der Waals surface area contributed by atoms with Crippen molar-refractivity contribution in [1.82, 2.24) is 4.98 Å². The Kier molecular flexibility index (Phi) is 4.12. The van der Waals surface area contributed by atoms with Crippen LogP contribution in [0.1, 0.15) is 35.2 Å². The van der Waals surface area contributed by atoms with Crippen LogP contribution in [0.25, 0.3) is 11.1 Å². The van der Waals surface area contributed by atoms with E-state index in [0.717, 1.165) is 41.0 Å². The topological polar surface area (TPSA) is 61.9 Å². The number of fused-ring (bicyclic) bond motifs is 1. The summed E-state index contributed by atoms with van der Waals surface area (Å²) >= 11 is 1.70. The molecule has 3 rings (SSSR count). The number of hydrogen-bond acceptors (Lipinski definition) is 5. The molecule has 0 radical (unpaired) electrons. The van der Waals surface area contributed by atoms with Gasteiger partial charge in [-0.3, -0.25) is 0 Å². The van der Waals surface area contributed by atoms with Gasteiger partial charge < -0.3 is 9.73 Å². The number of thiophene rings is 1. The number of pyridine rings is 1. The molecule has 0 aliphatic heterocycles. The van der Waals surface area contributed by atoms with Crippen LogP contribution in [0.3, 0.4) is 0 Å². The standard InChI is InChI=1S/C17H17N3OS/c1-3-5-15-11(2)16-17(21-15)14(8-12(9-18)20-16)19-10-13-6-4-7-22-13/h4,6-8H,3,5,10H2,1-2H3,(H,19,20). The zero-order chi connectivity index (χ0) is 15.5. The molecule has 22 heavy (non-hydrogen) atoms. The highest BCUT2D eigenvalue weighted by Crippen LogP contribution is 2.31. The number of rotatable bonds is 5. The van der Waals surface area contributed by atoms with Crippen molar-refractivity contribution in [3.05, 3.63) is 45.5 Å². The molecule has 0 aliphatic rings. The van der Waals surface area contributed by atoms with Gasteiger partial charge in [0.25, 0.3) is 0 Å². The summed E-state index contributed by atoms with van der Waals surface area (Å²) in [5, 5.41) is 14.6. The number of anilines is 1. The van der Waals surface area contributed by atoms with Gasteiger partial charge in [-0.2, -0.15) is 5.26 Å². The number of furan rings is 1. The lowest BCUT2D eigenvalue weighted by Crippen LogP contribution is -1.99. The first kappa shape index (κ1) is 14.6. The molecule has 3 aromatic heterocycles. The highest BCUT2D eigenvalue weighted by atomic mass is 32.1. The van der Waals surface area contributed by atoms with Crippen molar-refractivity contribution in [2.75, 3.05) is 5.32 Å². The molecule has 0 amide bonds. The predicted molar refractivity (Wildman–Crippen MR) is 89.1 cm³/mol. The van der Waals surface area contributed by atoms with E-state index in [4.69, 9.17) is 4.42 Å². The fourth-order valence-electron chi connectivity index (χ4n) is 2.47. The summed E-state index contributed by atoms with van der Waals surface area (Å²) in [4.78, 5) is 5.65. The highest BCUT2D eigenvalue weighted by molar-refractivity contribution is 7.09. The smallest absolute Gasteiger partial charge is 0.176 e. The van der Waals surface area contributed by atoms with E-state index < -0.39 is 0 Å². The molecule has 0 spiro atoms. The molecule has 112 valence electrons. The number of hydrogen-bond donors (Lipinski definition) is 1. The fourth-order valence-corrected chi connectivity index (χ4v) is 3.12. The third-order valence-electron chi connectivity index (χ3n) is 3.60. The summed E-state index contributed by atoms with van der Waals surface area (Å²) in [6.07, 6.45) is 1.90. The molecule has 0 fully saturated rings. The molecule has 4 nitrogen and oxygen atoms in total. The van der Waals surface area contributed by atoms with Crippen molar-refractivity contribution in [3.8, 4) is 6.07 Å². The molecule has 3 aromatic rings. The van der Waals surface area contributed by atoms with Crippen LogP contribution >= 0.6 is 11.3 Å². The minimum atomic E-state index is 0.410. The zero-order valence-corrected chi connectivity index (χ0v) is 13.5. The van der Waals surface area contributed by atoms with E-state index in [1.807, 2.05) is 13.0 Å². The van der Waals surface area contributed by atoms with Gasteiger partial charge in [0.15, 0.2) is 5.58 Å². The molecule has 0 saturated heterocycles. The number of nitrogens with zero attached hydrogens (tertiary/aromatic N) is 2. The Morgan fingerprint density at radius 2 is 2.32 bits per heavy atom. The van der Waals surface area contributed by atoms with Crippen LogP contribution in [0.4, 0.5) is 5.69 Å². The third-order valence-corrected chi connectivity index (χ3v) is 4.47. The molecular weight excluding hydrogens is 294 g/mol. The normalized spacial score (nSPS) is 10.8. The van der Waals surface area contributed by atoms with Crippen LogP contribution < -0.4 is 5.32 Å². The van der Waals surface area contributed by atoms with E-state index in [2.05, 4.69) is 34.7 Å². The lowest BCUT2D eigenvalue weighted by molar-refractivity contribution is 0.541. The maximum Gasteiger partial charge on any atom is 0.176 e. The van der Waals surface area contributed by atoms with Crippen LogP contribution in [-0.2, 0) is 13.0 Å². The molecule has 1 N–H and O–H groups in total. The summed E-state index contributed by atoms with van der Waals surface area (Å²) in [5.74, 6) is 0.958. The predicted octanol–water partition coefficient (Wildman–Crippen LogP) is 4.63. The van der Waals surface area contributed by atoms with Crippen LogP contribution in [0.15, 0.2) is 28.0 Å². The maximum atomic E-state index is 9.21. The third kappa shape index (κ3) is 2.70. The van der Waals surface area contributed by atoms with Crippen molar-refractivity contribution in [2.24, 2.45) is 0 Å². The summed E-state index contributed by atoms with van der Waals surface area (Å²) in [6.45, 7) is 4.84. The van der Waals surface area contributed by atoms with E-state index in [0.29, 0.717) is 12.2 Å². The first-order valence-electron chi connectivity index (χ1n) is 7.32. The van der Waals surface area contributed by atoms with Crippen molar-refractivity contribution in [1.29, 1.82) is 5.26 Å². The minimum absolute atomic E-state index is 0.410. The van der Waals surface area contributed by atoms with Gasteiger partial charge in [-0.15, -0.1) is 11.3 Å². The lowest BCUT2D eigenvalue weighted by atomic mass is 10.1. The second kappa shape index (κ2) is 6.20. The van der Waals surface area contributed by atoms with Gasteiger partial charge >= 0.3 is 0 Å². The Hall–Kier alpha value is -2.32. The van der Waals surface area contributed by atoms with Crippen molar-refractivity contribution in [3.63, 3.8) is 0 Å². The number of aromatic nitrogens is 1. The molecule has 0 aliphatic carbocycles. The summed E-state index contributed by atoms with van der Waals surface area (Å²) in [7, 11) is 0. The second-order valence-electron chi connectivity index (χ2n) is 5.18. The van der Waals surface area contributed by atoms with E-state index in [-0.39, 0.29) is 0 Å². The summed E-state index contributed by atoms with van der Waals surface area (Å²) in [6, 6.07) is 8.00. The second-order valence-corrected chi connectivity index (χ2v) is 6.21. The van der Waals surface area contributed by atoms with E-state index in [1.165, 1.54) is 4.88 Å². The monoisotopic (exact) mass is 311 g/mol. The largest absolute Gasteiger partial charge is 0.457 e. The van der Waals surface area contributed by atoms with E-state index in [1.54, 1.807) is 17.4 Å². The average molecular weight is 311 g/mol. The van der Waals surface area contributed by atoms with Gasteiger partial charge in [-0.1, -0.05) is 13.0 Å². The first-order chi connectivity index (χ1) is 10.7. The van der Waals surface area contributed by atoms with Gasteiger partial charge in [0.2, 0.25) is 0 Å².